The summed E-state index contributed by atoms with van der Waals surface area (Å²) in [5.74, 6) is -0.252. The maximum Gasteiger partial charge on any atom is 0.305 e. The van der Waals surface area contributed by atoms with Gasteiger partial charge in [0.2, 0.25) is 0 Å². The lowest BCUT2D eigenvalue weighted by molar-refractivity contribution is -0.143. The molecule has 0 N–H and O–H groups in total. The molecule has 0 saturated heterocycles. The van der Waals surface area contributed by atoms with Crippen molar-refractivity contribution in [2.45, 2.75) is 33.1 Å². The molecule has 0 rings (SSSR count). The molecule has 3 heteroatoms. The third kappa shape index (κ3) is 5.72. The van der Waals surface area contributed by atoms with Crippen LogP contribution in [-0.4, -0.2) is 12.6 Å². The molecule has 0 aromatic heterocycles. The zero-order valence-electron chi connectivity index (χ0n) is 7.67. The molecule has 1 unspecified atom stereocenters. The van der Waals surface area contributed by atoms with Gasteiger partial charge in [-0.3, -0.25) is 4.79 Å². The van der Waals surface area contributed by atoms with Crippen LogP contribution in [0.1, 0.15) is 33.1 Å². The number of carbonyl (C=O) groups is 1. The molecular weight excluding hydrogens is 154 g/mol. The summed E-state index contributed by atoms with van der Waals surface area (Å²) in [6.45, 7) is 4.23. The van der Waals surface area contributed by atoms with E-state index >= 15 is 0 Å². The highest BCUT2D eigenvalue weighted by atomic mass is 16.5. The summed E-state index contributed by atoms with van der Waals surface area (Å²) in [5, 5.41) is 8.42. The first-order valence-electron chi connectivity index (χ1n) is 4.26. The van der Waals surface area contributed by atoms with Crippen molar-refractivity contribution in [3.63, 3.8) is 0 Å². The van der Waals surface area contributed by atoms with E-state index in [-0.39, 0.29) is 11.9 Å². The molecule has 3 nitrogen and oxygen atoms in total. The summed E-state index contributed by atoms with van der Waals surface area (Å²) < 4.78 is 4.84. The lowest BCUT2D eigenvalue weighted by Crippen LogP contribution is -2.06. The van der Waals surface area contributed by atoms with E-state index in [9.17, 15) is 4.79 Å². The van der Waals surface area contributed by atoms with Crippen molar-refractivity contribution < 1.29 is 9.53 Å². The molecule has 0 fully saturated rings. The minimum absolute atomic E-state index is 0.0563. The first-order valence-corrected chi connectivity index (χ1v) is 4.26. The van der Waals surface area contributed by atoms with E-state index in [4.69, 9.17) is 10.00 Å². The lowest BCUT2D eigenvalue weighted by Gasteiger charge is -2.03. The van der Waals surface area contributed by atoms with Crippen LogP contribution in [0.5, 0.6) is 0 Å². The lowest BCUT2D eigenvalue weighted by atomic mass is 10.1. The van der Waals surface area contributed by atoms with Gasteiger partial charge in [-0.25, -0.2) is 0 Å². The van der Waals surface area contributed by atoms with E-state index in [0.29, 0.717) is 19.4 Å². The minimum Gasteiger partial charge on any atom is -0.466 e. The Bertz CT molecular complexity index is 172. The summed E-state index contributed by atoms with van der Waals surface area (Å²) in [7, 11) is 0. The van der Waals surface area contributed by atoms with Gasteiger partial charge in [0, 0.05) is 12.3 Å². The van der Waals surface area contributed by atoms with E-state index in [1.54, 1.807) is 6.92 Å². The zero-order chi connectivity index (χ0) is 9.40. The minimum atomic E-state index is -0.195. The highest BCUT2D eigenvalue weighted by Crippen LogP contribution is 2.04. The number of rotatable bonds is 5. The number of nitrogens with zero attached hydrogens (tertiary/aromatic N) is 1. The Kier molecular flexibility index (Phi) is 6.08. The van der Waals surface area contributed by atoms with Gasteiger partial charge in [0.1, 0.15) is 0 Å². The highest BCUT2D eigenvalue weighted by Gasteiger charge is 2.05. The van der Waals surface area contributed by atoms with Gasteiger partial charge in [0.05, 0.1) is 12.7 Å². The zero-order valence-corrected chi connectivity index (χ0v) is 7.67. The number of esters is 1. The third-order valence-electron chi connectivity index (χ3n) is 1.47. The fourth-order valence-electron chi connectivity index (χ4n) is 0.687. The first kappa shape index (κ1) is 11.0. The second-order valence-corrected chi connectivity index (χ2v) is 2.79. The van der Waals surface area contributed by atoms with Gasteiger partial charge in [-0.2, -0.15) is 5.26 Å². The van der Waals surface area contributed by atoms with E-state index < -0.39 is 0 Å². The van der Waals surface area contributed by atoms with Gasteiger partial charge in [-0.05, 0) is 19.8 Å². The largest absolute Gasteiger partial charge is 0.466 e. The fourth-order valence-corrected chi connectivity index (χ4v) is 0.687. The average Bonchev–Trinajstić information content (AvgIpc) is 2.10. The molecule has 68 valence electrons. The maximum absolute atomic E-state index is 10.9. The van der Waals surface area contributed by atoms with Crippen molar-refractivity contribution in [2.24, 2.45) is 5.92 Å². The van der Waals surface area contributed by atoms with E-state index in [1.165, 1.54) is 0 Å². The van der Waals surface area contributed by atoms with Crippen molar-refractivity contribution in [3.05, 3.63) is 0 Å². The van der Waals surface area contributed by atoms with Gasteiger partial charge >= 0.3 is 5.97 Å². The van der Waals surface area contributed by atoms with E-state index in [0.717, 1.165) is 6.42 Å². The molecule has 0 saturated carbocycles. The van der Waals surface area contributed by atoms with Crippen molar-refractivity contribution in [2.75, 3.05) is 6.61 Å². The van der Waals surface area contributed by atoms with Gasteiger partial charge < -0.3 is 4.74 Å². The van der Waals surface area contributed by atoms with Gasteiger partial charge in [0.25, 0.3) is 0 Å². The number of nitriles is 1. The molecule has 0 aromatic rings. The normalized spacial score (nSPS) is 11.8. The summed E-state index contributed by atoms with van der Waals surface area (Å²) in [6, 6.07) is 2.07. The molecule has 0 aliphatic heterocycles. The molecule has 12 heavy (non-hydrogen) atoms. The molecular formula is C9H15NO2. The highest BCUT2D eigenvalue weighted by molar-refractivity contribution is 5.69. The molecule has 0 heterocycles. The fraction of sp³-hybridized carbons (Fsp3) is 0.778. The smallest absolute Gasteiger partial charge is 0.305 e. The van der Waals surface area contributed by atoms with Gasteiger partial charge in [0.15, 0.2) is 0 Å². The van der Waals surface area contributed by atoms with Crippen LogP contribution in [0.4, 0.5) is 0 Å². The molecule has 0 bridgehead atoms. The molecule has 0 aliphatic rings. The molecule has 0 amide bonds. The Balaban J connectivity index is 3.39. The number of hydrogen-bond donors (Lipinski definition) is 0. The van der Waals surface area contributed by atoms with Gasteiger partial charge in [-0.15, -0.1) is 0 Å². The molecule has 0 radical (unpaired) electrons. The van der Waals surface area contributed by atoms with Crippen LogP contribution in [0, 0.1) is 17.2 Å². The van der Waals surface area contributed by atoms with Crippen molar-refractivity contribution in [3.8, 4) is 6.07 Å². The molecule has 0 spiro atoms. The number of carbonyl (C=O) groups excluding carboxylic acids is 1. The molecule has 0 aliphatic carbocycles. The molecule has 1 atom stereocenters. The van der Waals surface area contributed by atoms with E-state index in [1.807, 2.05) is 6.92 Å². The van der Waals surface area contributed by atoms with Crippen LogP contribution < -0.4 is 0 Å². The van der Waals surface area contributed by atoms with Crippen LogP contribution >= 0.6 is 0 Å². The summed E-state index contributed by atoms with van der Waals surface area (Å²) in [4.78, 5) is 10.9. The van der Waals surface area contributed by atoms with E-state index in [2.05, 4.69) is 6.07 Å². The second-order valence-electron chi connectivity index (χ2n) is 2.79. The predicted octanol–water partition coefficient (Wildman–Crippen LogP) is 1.88. The maximum atomic E-state index is 10.9. The van der Waals surface area contributed by atoms with Gasteiger partial charge in [-0.1, -0.05) is 6.92 Å². The average molecular weight is 169 g/mol. The summed E-state index contributed by atoms with van der Waals surface area (Å²) in [5.41, 5.74) is 0. The van der Waals surface area contributed by atoms with Crippen LogP contribution in [0.15, 0.2) is 0 Å². The second kappa shape index (κ2) is 6.66. The van der Waals surface area contributed by atoms with Crippen LogP contribution in [0.3, 0.4) is 0 Å². The SMILES string of the molecule is CCCOC(=O)CCC(C)C#N. The standard InChI is InChI=1S/C9H15NO2/c1-3-6-12-9(11)5-4-8(2)7-10/h8H,3-6H2,1-2H3. The topological polar surface area (TPSA) is 50.1 Å². The Morgan fingerprint density at radius 1 is 1.67 bits per heavy atom. The summed E-state index contributed by atoms with van der Waals surface area (Å²) in [6.07, 6.45) is 1.80. The monoisotopic (exact) mass is 169 g/mol. The predicted molar refractivity (Wildman–Crippen MR) is 45.3 cm³/mol. The Hall–Kier alpha value is -1.04. The quantitative estimate of drug-likeness (QED) is 0.590. The Labute approximate surface area is 73.3 Å². The Morgan fingerprint density at radius 2 is 2.33 bits per heavy atom. The van der Waals surface area contributed by atoms with Crippen molar-refractivity contribution in [1.82, 2.24) is 0 Å². The summed E-state index contributed by atoms with van der Waals surface area (Å²) >= 11 is 0. The van der Waals surface area contributed by atoms with Crippen LogP contribution in [0.2, 0.25) is 0 Å². The molecule has 0 aromatic carbocycles. The first-order chi connectivity index (χ1) is 5.70. The number of hydrogen-bond acceptors (Lipinski definition) is 3. The van der Waals surface area contributed by atoms with Crippen molar-refractivity contribution in [1.29, 1.82) is 5.26 Å². The van der Waals surface area contributed by atoms with Crippen LogP contribution in [-0.2, 0) is 9.53 Å². The number of ether oxygens (including phenoxy) is 1. The van der Waals surface area contributed by atoms with Crippen molar-refractivity contribution >= 4 is 5.97 Å². The third-order valence-corrected chi connectivity index (χ3v) is 1.47. The van der Waals surface area contributed by atoms with Crippen LogP contribution in [0.25, 0.3) is 0 Å². The Morgan fingerprint density at radius 3 is 2.83 bits per heavy atom.